The van der Waals surface area contributed by atoms with Crippen molar-refractivity contribution in [2.24, 2.45) is 17.3 Å². The Morgan fingerprint density at radius 3 is 2.35 bits per heavy atom. The van der Waals surface area contributed by atoms with E-state index in [9.17, 15) is 24.8 Å². The van der Waals surface area contributed by atoms with Crippen molar-refractivity contribution in [1.82, 2.24) is 16.0 Å². The Morgan fingerprint density at radius 1 is 1.24 bits per heavy atom. The van der Waals surface area contributed by atoms with E-state index in [0.29, 0.717) is 30.0 Å². The second kappa shape index (κ2) is 11.2. The number of rotatable bonds is 10. The molecule has 0 aromatic heterocycles. The molecule has 4 atom stereocenters. The van der Waals surface area contributed by atoms with Crippen molar-refractivity contribution < 1.29 is 19.5 Å². The van der Waals surface area contributed by atoms with E-state index < -0.39 is 34.9 Å². The summed E-state index contributed by atoms with van der Waals surface area (Å²) in [4.78, 5) is 38.3. The molecule has 0 aliphatic carbocycles. The van der Waals surface area contributed by atoms with E-state index in [0.717, 1.165) is 0 Å². The minimum atomic E-state index is -1.55. The first-order valence-electron chi connectivity index (χ1n) is 11.6. The number of nitriles is 1. The largest absolute Gasteiger partial charge is 0.384 e. The molecule has 4 N–H and O–H groups in total. The maximum Gasteiger partial charge on any atom is 0.243 e. The van der Waals surface area contributed by atoms with E-state index in [1.54, 1.807) is 45.0 Å². The van der Waals surface area contributed by atoms with Gasteiger partial charge in [0.05, 0.1) is 11.5 Å². The van der Waals surface area contributed by atoms with Crippen LogP contribution in [0.5, 0.6) is 0 Å². The molecule has 1 aromatic rings. The molecule has 34 heavy (non-hydrogen) atoms. The Morgan fingerprint density at radius 2 is 1.85 bits per heavy atom. The van der Waals surface area contributed by atoms with Crippen LogP contribution < -0.4 is 16.0 Å². The van der Waals surface area contributed by atoms with Gasteiger partial charge in [-0.3, -0.25) is 14.4 Å². The number of amides is 3. The van der Waals surface area contributed by atoms with Gasteiger partial charge < -0.3 is 21.1 Å². The molecule has 2 rings (SSSR count). The first-order chi connectivity index (χ1) is 15.8. The van der Waals surface area contributed by atoms with Gasteiger partial charge in [-0.25, -0.2) is 0 Å². The lowest BCUT2D eigenvalue weighted by Gasteiger charge is -2.40. The Kier molecular flexibility index (Phi) is 9.09. The Bertz CT molecular complexity index is 937. The number of nitrogens with one attached hydrogen (secondary N) is 3. The SMILES string of the molecule is CC(C)C[C@H](NC(=O)C(C)(C)C(C)(O)c1ccc(Cl)cc1)C(=O)N[C@H](C#N)CC1CCNC1=O. The molecule has 8 nitrogen and oxygen atoms in total. The van der Waals surface area contributed by atoms with Gasteiger partial charge in [0.25, 0.3) is 0 Å². The molecule has 1 aliphatic rings. The van der Waals surface area contributed by atoms with Gasteiger partial charge in [-0.2, -0.15) is 5.26 Å². The van der Waals surface area contributed by atoms with Gasteiger partial charge in [-0.1, -0.05) is 37.6 Å². The zero-order chi connectivity index (χ0) is 25.7. The number of halogens is 1. The first kappa shape index (κ1) is 27.6. The first-order valence-corrected chi connectivity index (χ1v) is 11.9. The van der Waals surface area contributed by atoms with Crippen molar-refractivity contribution in [3.63, 3.8) is 0 Å². The van der Waals surface area contributed by atoms with Crippen molar-refractivity contribution in [2.45, 2.75) is 71.6 Å². The molecule has 9 heteroatoms. The zero-order valence-corrected chi connectivity index (χ0v) is 21.2. The third kappa shape index (κ3) is 6.49. The topological polar surface area (TPSA) is 131 Å². The average molecular weight is 491 g/mol. The van der Waals surface area contributed by atoms with Gasteiger partial charge in [0, 0.05) is 17.5 Å². The van der Waals surface area contributed by atoms with Crippen LogP contribution in [-0.2, 0) is 20.0 Å². The van der Waals surface area contributed by atoms with Crippen LogP contribution in [0.2, 0.25) is 5.02 Å². The summed E-state index contributed by atoms with van der Waals surface area (Å²) in [5.74, 6) is -1.35. The lowest BCUT2D eigenvalue weighted by molar-refractivity contribution is -0.148. The second-order valence-corrected chi connectivity index (χ2v) is 10.5. The maximum absolute atomic E-state index is 13.3. The molecular weight excluding hydrogens is 456 g/mol. The van der Waals surface area contributed by atoms with Crippen molar-refractivity contribution in [3.05, 3.63) is 34.9 Å². The lowest BCUT2D eigenvalue weighted by Crippen LogP contribution is -2.56. The van der Waals surface area contributed by atoms with Gasteiger partial charge in [0.2, 0.25) is 17.7 Å². The van der Waals surface area contributed by atoms with E-state index in [1.165, 1.54) is 0 Å². The van der Waals surface area contributed by atoms with Crippen molar-refractivity contribution in [1.29, 1.82) is 5.26 Å². The highest BCUT2D eigenvalue weighted by atomic mass is 35.5. The predicted molar refractivity (Wildman–Crippen MR) is 129 cm³/mol. The van der Waals surface area contributed by atoms with E-state index in [2.05, 4.69) is 16.0 Å². The van der Waals surface area contributed by atoms with Gasteiger partial charge in [-0.05, 0) is 63.6 Å². The van der Waals surface area contributed by atoms with Gasteiger partial charge in [0.15, 0.2) is 0 Å². The summed E-state index contributed by atoms with van der Waals surface area (Å²) in [6, 6.07) is 6.89. The van der Waals surface area contributed by atoms with Crippen molar-refractivity contribution in [2.75, 3.05) is 6.54 Å². The van der Waals surface area contributed by atoms with Gasteiger partial charge >= 0.3 is 0 Å². The summed E-state index contributed by atoms with van der Waals surface area (Å²) in [5, 5.41) is 29.5. The summed E-state index contributed by atoms with van der Waals surface area (Å²) in [5.41, 5.74) is -2.33. The van der Waals surface area contributed by atoms with E-state index >= 15 is 0 Å². The monoisotopic (exact) mass is 490 g/mol. The number of benzene rings is 1. The van der Waals surface area contributed by atoms with E-state index in [-0.39, 0.29) is 24.2 Å². The molecule has 1 heterocycles. The van der Waals surface area contributed by atoms with Crippen molar-refractivity contribution >= 4 is 29.3 Å². The molecule has 0 radical (unpaired) electrons. The average Bonchev–Trinajstić information content (AvgIpc) is 3.16. The van der Waals surface area contributed by atoms with Crippen LogP contribution in [0.25, 0.3) is 0 Å². The quantitative estimate of drug-likeness (QED) is 0.400. The Hall–Kier alpha value is -2.63. The number of nitrogens with zero attached hydrogens (tertiary/aromatic N) is 1. The number of hydrogen-bond donors (Lipinski definition) is 4. The Labute approximate surface area is 206 Å². The van der Waals surface area contributed by atoms with Crippen LogP contribution in [0.1, 0.15) is 59.4 Å². The second-order valence-electron chi connectivity index (χ2n) is 10.1. The third-order valence-corrected chi connectivity index (χ3v) is 6.93. The van der Waals surface area contributed by atoms with Crippen LogP contribution in [0.3, 0.4) is 0 Å². The van der Waals surface area contributed by atoms with E-state index in [1.807, 2.05) is 19.9 Å². The van der Waals surface area contributed by atoms with Crippen LogP contribution >= 0.6 is 11.6 Å². The highest BCUT2D eigenvalue weighted by Gasteiger charge is 2.47. The lowest BCUT2D eigenvalue weighted by atomic mass is 9.71. The molecule has 1 aromatic carbocycles. The van der Waals surface area contributed by atoms with Crippen LogP contribution in [-0.4, -0.2) is 41.5 Å². The van der Waals surface area contributed by atoms with Crippen LogP contribution in [0.4, 0.5) is 0 Å². The zero-order valence-electron chi connectivity index (χ0n) is 20.4. The standard InChI is InChI=1S/C25H35ClN4O4/c1-15(2)12-20(22(32)29-19(14-27)13-16-10-11-28-21(16)31)30-23(33)24(3,4)25(5,34)17-6-8-18(26)9-7-17/h6-9,15-16,19-20,34H,10-13H2,1-5H3,(H,28,31)(H,29,32)(H,30,33)/t16?,19-,20-,25?/m0/s1. The van der Waals surface area contributed by atoms with Crippen LogP contribution in [0.15, 0.2) is 24.3 Å². The molecule has 2 unspecified atom stereocenters. The van der Waals surface area contributed by atoms with Gasteiger partial charge in [0.1, 0.15) is 17.7 Å². The fourth-order valence-electron chi connectivity index (χ4n) is 3.97. The summed E-state index contributed by atoms with van der Waals surface area (Å²) < 4.78 is 0. The highest BCUT2D eigenvalue weighted by molar-refractivity contribution is 6.30. The summed E-state index contributed by atoms with van der Waals surface area (Å²) >= 11 is 5.96. The molecule has 3 amide bonds. The minimum Gasteiger partial charge on any atom is -0.384 e. The maximum atomic E-state index is 13.3. The number of carbonyl (C=O) groups is 3. The smallest absolute Gasteiger partial charge is 0.243 e. The van der Waals surface area contributed by atoms with Crippen LogP contribution in [0, 0.1) is 28.6 Å². The number of hydrogen-bond acceptors (Lipinski definition) is 5. The molecule has 1 aliphatic heterocycles. The van der Waals surface area contributed by atoms with Gasteiger partial charge in [-0.15, -0.1) is 0 Å². The molecule has 0 saturated carbocycles. The molecule has 0 spiro atoms. The number of aliphatic hydroxyl groups is 1. The fourth-order valence-corrected chi connectivity index (χ4v) is 4.09. The molecule has 1 fully saturated rings. The highest BCUT2D eigenvalue weighted by Crippen LogP contribution is 2.40. The fraction of sp³-hybridized carbons (Fsp3) is 0.600. The Balaban J connectivity index is 2.16. The molecule has 186 valence electrons. The molecule has 0 bridgehead atoms. The minimum absolute atomic E-state index is 0.0806. The summed E-state index contributed by atoms with van der Waals surface area (Å²) in [6.07, 6.45) is 1.18. The summed E-state index contributed by atoms with van der Waals surface area (Å²) in [7, 11) is 0. The van der Waals surface area contributed by atoms with E-state index in [4.69, 9.17) is 11.6 Å². The molecule has 1 saturated heterocycles. The molecular formula is C25H35ClN4O4. The number of carbonyl (C=O) groups excluding carboxylic acids is 3. The third-order valence-electron chi connectivity index (χ3n) is 6.68. The normalized spacial score (nSPS) is 19.5. The predicted octanol–water partition coefficient (Wildman–Crippen LogP) is 2.64. The summed E-state index contributed by atoms with van der Waals surface area (Å²) in [6.45, 7) is 9.17. The van der Waals surface area contributed by atoms with Crippen molar-refractivity contribution in [3.8, 4) is 6.07 Å².